The van der Waals surface area contributed by atoms with E-state index in [0.717, 1.165) is 22.9 Å². The van der Waals surface area contributed by atoms with Gasteiger partial charge in [0.25, 0.3) is 0 Å². The molecule has 136 valence electrons. The molecule has 0 spiro atoms. The molecule has 2 N–H and O–H groups in total. The van der Waals surface area contributed by atoms with Crippen LogP contribution in [-0.2, 0) is 0 Å². The van der Waals surface area contributed by atoms with Gasteiger partial charge in [-0.25, -0.2) is 9.37 Å². The zero-order valence-electron chi connectivity index (χ0n) is 15.4. The van der Waals surface area contributed by atoms with E-state index >= 15 is 0 Å². The maximum atomic E-state index is 14.5. The van der Waals surface area contributed by atoms with Crippen molar-refractivity contribution in [3.05, 3.63) is 54.6 Å². The lowest BCUT2D eigenvalue weighted by atomic mass is 9.93. The number of fused-ring (bicyclic) bond motifs is 1. The van der Waals surface area contributed by atoms with Crippen LogP contribution in [0, 0.1) is 11.7 Å². The van der Waals surface area contributed by atoms with Gasteiger partial charge < -0.3 is 10.5 Å². The molecule has 0 amide bonds. The second kappa shape index (κ2) is 7.38. The van der Waals surface area contributed by atoms with Gasteiger partial charge in [-0.15, -0.1) is 0 Å². The molecule has 3 aromatic rings. The van der Waals surface area contributed by atoms with E-state index in [-0.39, 0.29) is 12.5 Å². The van der Waals surface area contributed by atoms with Crippen LogP contribution >= 0.6 is 0 Å². The third-order valence-corrected chi connectivity index (χ3v) is 4.18. The van der Waals surface area contributed by atoms with E-state index in [1.165, 1.54) is 6.07 Å². The van der Waals surface area contributed by atoms with E-state index in [2.05, 4.69) is 23.8 Å². The number of para-hydroxylation sites is 1. The Labute approximate surface area is 153 Å². The Morgan fingerprint density at radius 2 is 1.96 bits per heavy atom. The first-order chi connectivity index (χ1) is 12.4. The number of pyridine rings is 2. The molecule has 0 radical (unpaired) electrons. The van der Waals surface area contributed by atoms with Crippen LogP contribution in [0.4, 0.5) is 4.39 Å². The first-order valence-electron chi connectivity index (χ1n) is 8.77. The number of nitrogens with zero attached hydrogens (tertiary/aromatic N) is 2. The lowest BCUT2D eigenvalue weighted by Crippen LogP contribution is -2.43. The monoisotopic (exact) mass is 353 g/mol. The average molecular weight is 353 g/mol. The van der Waals surface area contributed by atoms with Crippen molar-refractivity contribution in [1.29, 1.82) is 0 Å². The first-order valence-corrected chi connectivity index (χ1v) is 8.77. The van der Waals surface area contributed by atoms with Crippen LogP contribution in [0.15, 0.2) is 48.8 Å². The molecule has 0 aliphatic rings. The Hall–Kier alpha value is -2.53. The highest BCUT2D eigenvalue weighted by molar-refractivity contribution is 5.94. The first kappa shape index (κ1) is 18.3. The molecule has 5 heteroatoms. The van der Waals surface area contributed by atoms with Gasteiger partial charge in [-0.05, 0) is 43.0 Å². The number of halogens is 1. The van der Waals surface area contributed by atoms with Crippen LogP contribution in [0.2, 0.25) is 0 Å². The van der Waals surface area contributed by atoms with Crippen molar-refractivity contribution in [2.75, 3.05) is 6.61 Å². The van der Waals surface area contributed by atoms with Crippen LogP contribution in [0.1, 0.15) is 27.2 Å². The normalized spacial score (nSPS) is 13.8. The quantitative estimate of drug-likeness (QED) is 0.705. The van der Waals surface area contributed by atoms with Gasteiger partial charge in [0.05, 0.1) is 5.52 Å². The van der Waals surface area contributed by atoms with E-state index < -0.39 is 11.4 Å². The molecule has 0 aliphatic heterocycles. The highest BCUT2D eigenvalue weighted by Gasteiger charge is 2.22. The molecular weight excluding hydrogens is 329 g/mol. The summed E-state index contributed by atoms with van der Waals surface area (Å²) in [5.41, 5.74) is 8.12. The summed E-state index contributed by atoms with van der Waals surface area (Å²) in [7, 11) is 0. The molecule has 2 heterocycles. The van der Waals surface area contributed by atoms with E-state index in [1.54, 1.807) is 12.4 Å². The van der Waals surface area contributed by atoms with Gasteiger partial charge in [-0.1, -0.05) is 32.0 Å². The van der Waals surface area contributed by atoms with Gasteiger partial charge in [0.2, 0.25) is 5.88 Å². The average Bonchev–Trinajstić information content (AvgIpc) is 2.59. The van der Waals surface area contributed by atoms with Crippen molar-refractivity contribution in [2.45, 2.75) is 32.7 Å². The second-order valence-corrected chi connectivity index (χ2v) is 7.43. The summed E-state index contributed by atoms with van der Waals surface area (Å²) in [5.74, 6) is -0.0787. The smallest absolute Gasteiger partial charge is 0.250 e. The number of hydrogen-bond acceptors (Lipinski definition) is 4. The predicted octanol–water partition coefficient (Wildman–Crippen LogP) is 4.58. The standard InChI is InChI=1S/C21H24FN3O/c1-14(2)11-21(3,23)13-26-20-18(22)10-15(12-25-20)16-8-9-24-19-7-5-4-6-17(16)19/h4-10,12,14H,11,13,23H2,1-3H3/t21-/m0/s1. The zero-order valence-corrected chi connectivity index (χ0v) is 15.4. The van der Waals surface area contributed by atoms with Crippen molar-refractivity contribution in [1.82, 2.24) is 9.97 Å². The molecule has 26 heavy (non-hydrogen) atoms. The molecule has 0 bridgehead atoms. The van der Waals surface area contributed by atoms with Gasteiger partial charge >= 0.3 is 0 Å². The molecule has 0 aliphatic carbocycles. The summed E-state index contributed by atoms with van der Waals surface area (Å²) in [5, 5.41) is 0.955. The third-order valence-electron chi connectivity index (χ3n) is 4.18. The fourth-order valence-electron chi connectivity index (χ4n) is 3.25. The minimum absolute atomic E-state index is 0.0208. The van der Waals surface area contributed by atoms with Gasteiger partial charge in [-0.3, -0.25) is 4.98 Å². The Bertz CT molecular complexity index is 903. The largest absolute Gasteiger partial charge is 0.474 e. The molecule has 0 fully saturated rings. The molecular formula is C21H24FN3O. The van der Waals surface area contributed by atoms with Crippen LogP contribution < -0.4 is 10.5 Å². The topological polar surface area (TPSA) is 61.0 Å². The number of nitrogens with two attached hydrogens (primary N) is 1. The van der Waals surface area contributed by atoms with Crippen molar-refractivity contribution in [2.24, 2.45) is 11.7 Å². The van der Waals surface area contributed by atoms with Crippen molar-refractivity contribution >= 4 is 10.9 Å². The third kappa shape index (κ3) is 4.17. The van der Waals surface area contributed by atoms with Crippen molar-refractivity contribution in [3.63, 3.8) is 0 Å². The van der Waals surface area contributed by atoms with Crippen LogP contribution in [0.5, 0.6) is 5.88 Å². The zero-order chi connectivity index (χ0) is 18.7. The number of benzene rings is 1. The Morgan fingerprint density at radius 1 is 1.19 bits per heavy atom. The molecule has 0 unspecified atom stereocenters. The molecule has 1 aromatic carbocycles. The van der Waals surface area contributed by atoms with Crippen LogP contribution in [0.25, 0.3) is 22.0 Å². The maximum Gasteiger partial charge on any atom is 0.250 e. The minimum atomic E-state index is -0.526. The summed E-state index contributed by atoms with van der Waals surface area (Å²) < 4.78 is 20.1. The van der Waals surface area contributed by atoms with Crippen molar-refractivity contribution < 1.29 is 9.13 Å². The molecule has 0 saturated carbocycles. The van der Waals surface area contributed by atoms with E-state index in [1.807, 2.05) is 37.3 Å². The van der Waals surface area contributed by atoms with Gasteiger partial charge in [-0.2, -0.15) is 0 Å². The van der Waals surface area contributed by atoms with Crippen LogP contribution in [0.3, 0.4) is 0 Å². The molecule has 2 aromatic heterocycles. The van der Waals surface area contributed by atoms with E-state index in [4.69, 9.17) is 10.5 Å². The summed E-state index contributed by atoms with van der Waals surface area (Å²) in [6.45, 7) is 6.31. The highest BCUT2D eigenvalue weighted by atomic mass is 19.1. The minimum Gasteiger partial charge on any atom is -0.474 e. The van der Waals surface area contributed by atoms with Crippen molar-refractivity contribution in [3.8, 4) is 17.0 Å². The highest BCUT2D eigenvalue weighted by Crippen LogP contribution is 2.29. The Kier molecular flexibility index (Phi) is 5.18. The SMILES string of the molecule is CC(C)C[C@](C)(N)COc1ncc(-c2ccnc3ccccc23)cc1F. The second-order valence-electron chi connectivity index (χ2n) is 7.43. The lowest BCUT2D eigenvalue weighted by molar-refractivity contribution is 0.193. The summed E-state index contributed by atoms with van der Waals surface area (Å²) in [4.78, 5) is 8.51. The van der Waals surface area contributed by atoms with Crippen LogP contribution in [-0.4, -0.2) is 22.1 Å². The summed E-state index contributed by atoms with van der Waals surface area (Å²) >= 11 is 0. The Morgan fingerprint density at radius 3 is 2.69 bits per heavy atom. The van der Waals surface area contributed by atoms with Gasteiger partial charge in [0.15, 0.2) is 5.82 Å². The van der Waals surface area contributed by atoms with Gasteiger partial charge in [0, 0.05) is 28.9 Å². The molecule has 3 rings (SSSR count). The fraction of sp³-hybridized carbons (Fsp3) is 0.333. The Balaban J connectivity index is 1.84. The molecule has 1 atom stereocenters. The summed E-state index contributed by atoms with van der Waals surface area (Å²) in [6, 6.07) is 11.1. The number of hydrogen-bond donors (Lipinski definition) is 1. The van der Waals surface area contributed by atoms with E-state index in [0.29, 0.717) is 11.5 Å². The lowest BCUT2D eigenvalue weighted by Gasteiger charge is -2.26. The number of rotatable bonds is 6. The van der Waals surface area contributed by atoms with Gasteiger partial charge in [0.1, 0.15) is 6.61 Å². The summed E-state index contributed by atoms with van der Waals surface area (Å²) in [6.07, 6.45) is 4.12. The maximum absolute atomic E-state index is 14.5. The predicted molar refractivity (Wildman–Crippen MR) is 102 cm³/mol. The van der Waals surface area contributed by atoms with E-state index in [9.17, 15) is 4.39 Å². The number of ether oxygens (including phenoxy) is 1. The number of aromatic nitrogens is 2. The fourth-order valence-corrected chi connectivity index (χ4v) is 3.25. The molecule has 0 saturated heterocycles. The molecule has 4 nitrogen and oxygen atoms in total.